The second-order valence-electron chi connectivity index (χ2n) is 7.03. The summed E-state index contributed by atoms with van der Waals surface area (Å²) in [6.07, 6.45) is 7.31. The number of hydrogen-bond donors (Lipinski definition) is 1. The van der Waals surface area contributed by atoms with Gasteiger partial charge in [-0.05, 0) is 43.2 Å². The van der Waals surface area contributed by atoms with Gasteiger partial charge in [-0.15, -0.1) is 0 Å². The van der Waals surface area contributed by atoms with Crippen LogP contribution in [-0.4, -0.2) is 34.8 Å². The van der Waals surface area contributed by atoms with Gasteiger partial charge in [0.1, 0.15) is 22.7 Å². The molecule has 1 N–H and O–H groups in total. The molecule has 1 aromatic heterocycles. The Kier molecular flexibility index (Phi) is 4.10. The van der Waals surface area contributed by atoms with Crippen molar-refractivity contribution in [2.75, 3.05) is 14.2 Å². The lowest BCUT2D eigenvalue weighted by atomic mass is 10.0. The van der Waals surface area contributed by atoms with Gasteiger partial charge in [-0.3, -0.25) is 14.2 Å². The van der Waals surface area contributed by atoms with E-state index in [0.717, 1.165) is 5.56 Å². The number of hydrogen-bond acceptors (Lipinski definition) is 5. The maximum atomic E-state index is 12.9. The first-order chi connectivity index (χ1) is 13.4. The van der Waals surface area contributed by atoms with Crippen LogP contribution in [0.2, 0.25) is 0 Å². The van der Waals surface area contributed by atoms with Crippen LogP contribution >= 0.6 is 0 Å². The number of carboxylic acids is 1. The predicted molar refractivity (Wildman–Crippen MR) is 104 cm³/mol. The summed E-state index contributed by atoms with van der Waals surface area (Å²) in [5.41, 5.74) is 0.713. The normalized spacial score (nSPS) is 21.9. The van der Waals surface area contributed by atoms with E-state index in [9.17, 15) is 14.7 Å². The third-order valence-corrected chi connectivity index (χ3v) is 5.42. The monoisotopic (exact) mass is 380 g/mol. The minimum absolute atomic E-state index is 0.203. The third-order valence-electron chi connectivity index (χ3n) is 5.42. The van der Waals surface area contributed by atoms with Crippen LogP contribution in [0.1, 0.15) is 35.1 Å². The molecule has 4 rings (SSSR count). The predicted octanol–water partition coefficient (Wildman–Crippen LogP) is 2.78. The van der Waals surface area contributed by atoms with Crippen molar-refractivity contribution in [3.8, 4) is 11.5 Å². The molecule has 7 heteroatoms. The molecule has 2 atom stereocenters. The number of aromatic nitrogens is 2. The fraction of sp³-hybridized carbons (Fsp3) is 0.286. The van der Waals surface area contributed by atoms with Gasteiger partial charge >= 0.3 is 5.97 Å². The van der Waals surface area contributed by atoms with E-state index < -0.39 is 11.4 Å². The Morgan fingerprint density at radius 3 is 2.54 bits per heavy atom. The average molecular weight is 380 g/mol. The minimum atomic E-state index is -0.959. The van der Waals surface area contributed by atoms with Crippen LogP contribution in [0.5, 0.6) is 11.5 Å². The van der Waals surface area contributed by atoms with Crippen LogP contribution in [0.4, 0.5) is 0 Å². The highest BCUT2D eigenvalue weighted by molar-refractivity contribution is 5.84. The maximum absolute atomic E-state index is 12.9. The van der Waals surface area contributed by atoms with Gasteiger partial charge in [0.2, 0.25) is 0 Å². The Hall–Kier alpha value is -3.35. The van der Waals surface area contributed by atoms with Gasteiger partial charge in [-0.1, -0.05) is 12.2 Å². The van der Waals surface area contributed by atoms with Crippen LogP contribution in [0, 0.1) is 12.3 Å². The van der Waals surface area contributed by atoms with E-state index in [4.69, 9.17) is 9.47 Å². The molecule has 0 radical (unpaired) electrons. The molecular formula is C21H20N2O5. The van der Waals surface area contributed by atoms with E-state index >= 15 is 0 Å². The van der Waals surface area contributed by atoms with E-state index in [-0.39, 0.29) is 11.6 Å². The Balaban J connectivity index is 1.72. The molecular weight excluding hydrogens is 360 g/mol. The molecule has 1 aliphatic carbocycles. The van der Waals surface area contributed by atoms with Gasteiger partial charge in [-0.2, -0.15) is 0 Å². The summed E-state index contributed by atoms with van der Waals surface area (Å²) >= 11 is 0. The molecule has 1 aromatic carbocycles. The largest absolute Gasteiger partial charge is 0.497 e. The number of carbonyl (C=O) groups is 1. The van der Waals surface area contributed by atoms with Crippen LogP contribution in [-0.2, 0) is 4.79 Å². The highest BCUT2D eigenvalue weighted by Crippen LogP contribution is 2.59. The summed E-state index contributed by atoms with van der Waals surface area (Å²) in [6, 6.07) is 5.13. The molecule has 144 valence electrons. The highest BCUT2D eigenvalue weighted by Gasteiger charge is 2.62. The van der Waals surface area contributed by atoms with Crippen molar-refractivity contribution < 1.29 is 19.4 Å². The number of ether oxygens (including phenoxy) is 2. The number of rotatable bonds is 5. The zero-order valence-electron chi connectivity index (χ0n) is 15.8. The molecule has 1 saturated carbocycles. The molecule has 0 bridgehead atoms. The molecule has 7 nitrogen and oxygen atoms in total. The molecule has 2 aliphatic rings. The van der Waals surface area contributed by atoms with Crippen LogP contribution in [0.15, 0.2) is 29.1 Å². The van der Waals surface area contributed by atoms with E-state index in [0.29, 0.717) is 35.0 Å². The topological polar surface area (TPSA) is 90.7 Å². The standard InChI is InChI=1S/C21H20N2O5/c1-12-16(5-4-13-8-14(27-2)10-15(9-13)28-3)22-18-6-7-21(20(25)26)11-17(21)23(18)19(12)24/h4-10,17H,11H2,1-3H3,(H,25,26)/b5-4+. The zero-order valence-corrected chi connectivity index (χ0v) is 15.8. The fourth-order valence-corrected chi connectivity index (χ4v) is 3.62. The third kappa shape index (κ3) is 2.70. The summed E-state index contributed by atoms with van der Waals surface area (Å²) in [7, 11) is 3.17. The first-order valence-electron chi connectivity index (χ1n) is 8.86. The first-order valence-corrected chi connectivity index (χ1v) is 8.86. The lowest BCUT2D eigenvalue weighted by Crippen LogP contribution is -2.31. The second kappa shape index (κ2) is 6.37. The summed E-state index contributed by atoms with van der Waals surface area (Å²) in [5.74, 6) is 0.907. The molecule has 2 aromatic rings. The second-order valence-corrected chi connectivity index (χ2v) is 7.03. The molecule has 1 aliphatic heterocycles. The SMILES string of the molecule is COc1cc(/C=C/c2nc3n(c(=O)c2C)C2CC2(C(=O)O)C=C3)cc(OC)c1. The van der Waals surface area contributed by atoms with Crippen molar-refractivity contribution in [3.63, 3.8) is 0 Å². The van der Waals surface area contributed by atoms with Gasteiger partial charge in [0.25, 0.3) is 5.56 Å². The Morgan fingerprint density at radius 2 is 1.93 bits per heavy atom. The van der Waals surface area contributed by atoms with Crippen molar-refractivity contribution in [1.82, 2.24) is 9.55 Å². The van der Waals surface area contributed by atoms with E-state index in [1.54, 1.807) is 45.4 Å². The van der Waals surface area contributed by atoms with E-state index in [2.05, 4.69) is 4.98 Å². The Morgan fingerprint density at radius 1 is 1.25 bits per heavy atom. The van der Waals surface area contributed by atoms with Gasteiger partial charge < -0.3 is 14.6 Å². The Bertz CT molecular complexity index is 1080. The highest BCUT2D eigenvalue weighted by atomic mass is 16.5. The molecule has 0 saturated heterocycles. The van der Waals surface area contributed by atoms with Crippen molar-refractivity contribution in [2.45, 2.75) is 19.4 Å². The van der Waals surface area contributed by atoms with Gasteiger partial charge in [-0.25, -0.2) is 4.98 Å². The minimum Gasteiger partial charge on any atom is -0.497 e. The van der Waals surface area contributed by atoms with Crippen LogP contribution < -0.4 is 15.0 Å². The molecule has 2 heterocycles. The van der Waals surface area contributed by atoms with E-state index in [1.807, 2.05) is 18.2 Å². The lowest BCUT2D eigenvalue weighted by Gasteiger charge is -2.18. The number of carboxylic acid groups (broad SMARTS) is 1. The molecule has 0 amide bonds. The summed E-state index contributed by atoms with van der Waals surface area (Å²) in [4.78, 5) is 29.0. The van der Waals surface area contributed by atoms with Gasteiger partial charge in [0.05, 0.1) is 26.0 Å². The Labute approximate surface area is 161 Å². The van der Waals surface area contributed by atoms with Crippen molar-refractivity contribution in [3.05, 3.63) is 57.3 Å². The van der Waals surface area contributed by atoms with Gasteiger partial charge in [0, 0.05) is 11.6 Å². The van der Waals surface area contributed by atoms with Crippen molar-refractivity contribution >= 4 is 24.2 Å². The summed E-state index contributed by atoms with van der Waals surface area (Å²) in [5, 5.41) is 9.46. The number of benzene rings is 1. The lowest BCUT2D eigenvalue weighted by molar-refractivity contribution is -0.141. The van der Waals surface area contributed by atoms with Gasteiger partial charge in [0.15, 0.2) is 0 Å². The smallest absolute Gasteiger partial charge is 0.315 e. The van der Waals surface area contributed by atoms with Crippen LogP contribution in [0.3, 0.4) is 0 Å². The van der Waals surface area contributed by atoms with Crippen molar-refractivity contribution in [1.29, 1.82) is 0 Å². The molecule has 2 unspecified atom stereocenters. The average Bonchev–Trinajstić information content (AvgIpc) is 3.45. The fourth-order valence-electron chi connectivity index (χ4n) is 3.62. The van der Waals surface area contributed by atoms with Crippen molar-refractivity contribution in [2.24, 2.45) is 5.41 Å². The first kappa shape index (κ1) is 18.0. The molecule has 0 spiro atoms. The summed E-state index contributed by atoms with van der Waals surface area (Å²) in [6.45, 7) is 1.71. The number of methoxy groups -OCH3 is 2. The quantitative estimate of drug-likeness (QED) is 0.858. The molecule has 1 fully saturated rings. The van der Waals surface area contributed by atoms with Crippen LogP contribution in [0.25, 0.3) is 18.2 Å². The molecule has 28 heavy (non-hydrogen) atoms. The number of nitrogens with zero attached hydrogens (tertiary/aromatic N) is 2. The number of aliphatic carboxylic acids is 1. The van der Waals surface area contributed by atoms with E-state index in [1.165, 1.54) is 4.57 Å². The maximum Gasteiger partial charge on any atom is 0.315 e. The zero-order chi connectivity index (χ0) is 20.1. The number of fused-ring (bicyclic) bond motifs is 3. The summed E-state index contributed by atoms with van der Waals surface area (Å²) < 4.78 is 12.1.